The smallest absolute Gasteiger partial charge is 0.311 e. The van der Waals surface area contributed by atoms with Gasteiger partial charge in [0.15, 0.2) is 11.4 Å². The van der Waals surface area contributed by atoms with Gasteiger partial charge in [0.05, 0.1) is 25.0 Å². The molecule has 0 aliphatic heterocycles. The predicted molar refractivity (Wildman–Crippen MR) is 161 cm³/mol. The van der Waals surface area contributed by atoms with Crippen molar-refractivity contribution in [3.63, 3.8) is 0 Å². The van der Waals surface area contributed by atoms with Crippen LogP contribution in [0.15, 0.2) is 59.7 Å². The van der Waals surface area contributed by atoms with Gasteiger partial charge in [0.1, 0.15) is 35.0 Å². The van der Waals surface area contributed by atoms with Crippen molar-refractivity contribution in [3.05, 3.63) is 94.1 Å². The summed E-state index contributed by atoms with van der Waals surface area (Å²) < 4.78 is 68.4. The van der Waals surface area contributed by atoms with E-state index in [0.29, 0.717) is 12.1 Å². The van der Waals surface area contributed by atoms with Gasteiger partial charge in [0.25, 0.3) is 0 Å². The lowest BCUT2D eigenvalue weighted by Gasteiger charge is -2.53. The molecule has 48 heavy (non-hydrogen) atoms. The number of ketones is 1. The average Bonchev–Trinajstić information content (AvgIpc) is 3.43. The van der Waals surface area contributed by atoms with Crippen LogP contribution >= 0.6 is 0 Å². The Balaban J connectivity index is 1.45. The first kappa shape index (κ1) is 34.0. The van der Waals surface area contributed by atoms with E-state index in [1.165, 1.54) is 19.9 Å². The summed E-state index contributed by atoms with van der Waals surface area (Å²) in [7, 11) is 0. The summed E-state index contributed by atoms with van der Waals surface area (Å²) >= 11 is 0. The van der Waals surface area contributed by atoms with Crippen molar-refractivity contribution in [1.82, 2.24) is 0 Å². The summed E-state index contributed by atoms with van der Waals surface area (Å²) in [5.41, 5.74) is -6.76. The van der Waals surface area contributed by atoms with Gasteiger partial charge < -0.3 is 24.8 Å². The molecule has 8 atom stereocenters. The second-order valence-electron chi connectivity index (χ2n) is 14.1. The largest absolute Gasteiger partial charge is 0.457 e. The van der Waals surface area contributed by atoms with Crippen molar-refractivity contribution in [1.29, 1.82) is 0 Å². The lowest BCUT2D eigenvalue weighted by Crippen LogP contribution is -2.66. The maximum Gasteiger partial charge on any atom is 0.311 e. The zero-order chi connectivity index (χ0) is 35.1. The number of esters is 2. The highest BCUT2D eigenvalue weighted by molar-refractivity contribution is 6.04. The molecular formula is C36H36F4O8. The molecule has 4 aliphatic rings. The van der Waals surface area contributed by atoms with Crippen LogP contribution < -0.4 is 0 Å². The SMILES string of the molecule is CC1=C[C@H]2[C@@]3(O)[C@H](C)[C@@H](OC(=O)Cc4ccc(F)cc4F)[C@]4(OC(=O)Cc5ccc(F)cc5F)[C@@H]([C@@H]3C=C(CO)C[C@]2(O)C1=O)C4(C)C. The summed E-state index contributed by atoms with van der Waals surface area (Å²) in [6.07, 6.45) is 0.0547. The van der Waals surface area contributed by atoms with Crippen molar-refractivity contribution in [3.8, 4) is 0 Å². The summed E-state index contributed by atoms with van der Waals surface area (Å²) in [6, 6.07) is 5.38. The monoisotopic (exact) mass is 672 g/mol. The number of halogens is 4. The summed E-state index contributed by atoms with van der Waals surface area (Å²) in [6.45, 7) is 5.90. The van der Waals surface area contributed by atoms with Crippen molar-refractivity contribution >= 4 is 17.7 Å². The van der Waals surface area contributed by atoms with Gasteiger partial charge >= 0.3 is 11.9 Å². The van der Waals surface area contributed by atoms with Crippen molar-refractivity contribution < 1.29 is 56.7 Å². The van der Waals surface area contributed by atoms with E-state index in [4.69, 9.17) is 9.47 Å². The Labute approximate surface area is 274 Å². The third kappa shape index (κ3) is 4.86. The van der Waals surface area contributed by atoms with Crippen LogP contribution in [0.2, 0.25) is 0 Å². The Hall–Kier alpha value is -3.87. The number of fused-ring (bicyclic) bond motifs is 5. The molecule has 0 spiro atoms. The van der Waals surface area contributed by atoms with Crippen LogP contribution in [0.25, 0.3) is 0 Å². The Bertz CT molecular complexity index is 1790. The maximum absolute atomic E-state index is 14.6. The summed E-state index contributed by atoms with van der Waals surface area (Å²) in [5, 5.41) is 35.0. The number of carbonyl (C=O) groups is 3. The highest BCUT2D eigenvalue weighted by Crippen LogP contribution is 2.77. The third-order valence-electron chi connectivity index (χ3n) is 11.2. The fraction of sp³-hybridized carbons (Fsp3) is 0.472. The highest BCUT2D eigenvalue weighted by atomic mass is 19.1. The molecule has 0 unspecified atom stereocenters. The number of Topliss-reactive ketones (excluding diaryl/α,β-unsaturated/α-hetero) is 1. The van der Waals surface area contributed by atoms with Crippen LogP contribution in [0, 0.1) is 52.4 Å². The van der Waals surface area contributed by atoms with Crippen molar-refractivity contribution in [2.75, 3.05) is 6.61 Å². The first-order valence-electron chi connectivity index (χ1n) is 15.7. The number of rotatable bonds is 7. The zero-order valence-corrected chi connectivity index (χ0v) is 26.7. The van der Waals surface area contributed by atoms with E-state index < -0.39 is 112 Å². The van der Waals surface area contributed by atoms with E-state index in [-0.39, 0.29) is 28.7 Å². The number of hydrogen-bond acceptors (Lipinski definition) is 8. The molecule has 8 nitrogen and oxygen atoms in total. The van der Waals surface area contributed by atoms with Gasteiger partial charge in [0.2, 0.25) is 0 Å². The molecule has 0 bridgehead atoms. The Kier molecular flexibility index (Phi) is 8.04. The van der Waals surface area contributed by atoms with E-state index in [0.717, 1.165) is 24.3 Å². The van der Waals surface area contributed by atoms with Gasteiger partial charge in [-0.25, -0.2) is 17.6 Å². The maximum atomic E-state index is 14.6. The Morgan fingerprint density at radius 1 is 0.917 bits per heavy atom. The first-order valence-corrected chi connectivity index (χ1v) is 15.7. The van der Waals surface area contributed by atoms with Crippen LogP contribution in [0.3, 0.4) is 0 Å². The molecule has 2 aromatic rings. The molecular weight excluding hydrogens is 636 g/mol. The van der Waals surface area contributed by atoms with Gasteiger partial charge in [-0.3, -0.25) is 14.4 Å². The van der Waals surface area contributed by atoms with Crippen LogP contribution in [0.5, 0.6) is 0 Å². The topological polar surface area (TPSA) is 130 Å². The van der Waals surface area contributed by atoms with E-state index in [9.17, 15) is 47.3 Å². The number of aliphatic hydroxyl groups excluding tert-OH is 1. The minimum atomic E-state index is -2.14. The molecule has 2 aromatic carbocycles. The number of aliphatic hydroxyl groups is 3. The normalized spacial score (nSPS) is 34.6. The fourth-order valence-corrected chi connectivity index (χ4v) is 8.87. The molecule has 256 valence electrons. The van der Waals surface area contributed by atoms with Gasteiger partial charge in [-0.2, -0.15) is 0 Å². The van der Waals surface area contributed by atoms with E-state index >= 15 is 0 Å². The Morgan fingerprint density at radius 3 is 2.02 bits per heavy atom. The minimum absolute atomic E-state index is 0.152. The molecule has 0 heterocycles. The molecule has 6 rings (SSSR count). The van der Waals surface area contributed by atoms with E-state index in [2.05, 4.69) is 0 Å². The average molecular weight is 673 g/mol. The molecule has 0 saturated heterocycles. The quantitative estimate of drug-likeness (QED) is 0.228. The molecule has 0 aromatic heterocycles. The van der Waals surface area contributed by atoms with Gasteiger partial charge in [-0.1, -0.05) is 45.1 Å². The molecule has 2 fully saturated rings. The number of carbonyl (C=O) groups excluding carboxylic acids is 3. The highest BCUT2D eigenvalue weighted by Gasteiger charge is 2.88. The van der Waals surface area contributed by atoms with Crippen LogP contribution in [-0.2, 0) is 36.7 Å². The fourth-order valence-electron chi connectivity index (χ4n) is 8.87. The predicted octanol–water partition coefficient (Wildman–Crippen LogP) is 4.07. The molecule has 2 saturated carbocycles. The molecule has 3 N–H and O–H groups in total. The van der Waals surface area contributed by atoms with Crippen molar-refractivity contribution in [2.45, 2.75) is 69.9 Å². The lowest BCUT2D eigenvalue weighted by molar-refractivity contribution is -0.228. The van der Waals surface area contributed by atoms with Gasteiger partial charge in [-0.05, 0) is 41.3 Å². The van der Waals surface area contributed by atoms with Gasteiger partial charge in [0, 0.05) is 47.6 Å². The number of ether oxygens (including phenoxy) is 2. The van der Waals surface area contributed by atoms with Crippen LogP contribution in [-0.4, -0.2) is 62.6 Å². The molecule has 4 aliphatic carbocycles. The Morgan fingerprint density at radius 2 is 1.48 bits per heavy atom. The minimum Gasteiger partial charge on any atom is -0.457 e. The summed E-state index contributed by atoms with van der Waals surface area (Å²) in [5.74, 6) is -10.4. The third-order valence-corrected chi connectivity index (χ3v) is 11.2. The zero-order valence-electron chi connectivity index (χ0n) is 26.7. The number of hydrogen-bond donors (Lipinski definition) is 3. The second kappa shape index (κ2) is 11.3. The lowest BCUT2D eigenvalue weighted by atomic mass is 9.59. The van der Waals surface area contributed by atoms with Crippen LogP contribution in [0.1, 0.15) is 45.2 Å². The van der Waals surface area contributed by atoms with Gasteiger partial charge in [-0.15, -0.1) is 0 Å². The second-order valence-corrected chi connectivity index (χ2v) is 14.1. The number of benzene rings is 2. The van der Waals surface area contributed by atoms with Crippen LogP contribution in [0.4, 0.5) is 17.6 Å². The van der Waals surface area contributed by atoms with E-state index in [1.54, 1.807) is 19.9 Å². The summed E-state index contributed by atoms with van der Waals surface area (Å²) in [4.78, 5) is 40.4. The standard InChI is InChI=1S/C36H36F4O8/c1-17-9-27-34(45,31(17)44)15-19(16-41)10-24-30-33(3,4)36(30,48-29(43)12-21-6-8-23(38)14-26(21)40)32(18(2)35(24,27)46)47-28(42)11-20-5-7-22(37)13-25(20)39/h5-10,13-14,18,24,27,30,32,41,45-46H,11-12,15-16H2,1-4H3/t18-,24+,27-,30+,32-,34-,35-,36-/m1/s1. The van der Waals surface area contributed by atoms with E-state index in [1.807, 2.05) is 0 Å². The molecule has 12 heteroatoms. The first-order chi connectivity index (χ1) is 22.4. The van der Waals surface area contributed by atoms with Crippen molar-refractivity contribution in [2.24, 2.45) is 29.1 Å². The molecule has 0 radical (unpaired) electrons. The molecule has 0 amide bonds.